The van der Waals surface area contributed by atoms with Crippen LogP contribution in [0.25, 0.3) is 0 Å². The summed E-state index contributed by atoms with van der Waals surface area (Å²) in [6.45, 7) is 12.5. The van der Waals surface area contributed by atoms with Crippen LogP contribution in [0.1, 0.15) is 67.5 Å². The van der Waals surface area contributed by atoms with Crippen molar-refractivity contribution in [2.45, 2.75) is 101 Å². The summed E-state index contributed by atoms with van der Waals surface area (Å²) in [6.07, 6.45) is -0.691. The van der Waals surface area contributed by atoms with Gasteiger partial charge in [0.1, 0.15) is 34.4 Å². The normalized spacial score (nSPS) is 24.8. The van der Waals surface area contributed by atoms with Crippen LogP contribution >= 0.6 is 23.1 Å². The van der Waals surface area contributed by atoms with Gasteiger partial charge in [-0.15, -0.1) is 11.3 Å². The van der Waals surface area contributed by atoms with Crippen LogP contribution in [0.5, 0.6) is 0 Å². The smallest absolute Gasteiger partial charge is 0.408 e. The number of amides is 4. The quantitative estimate of drug-likeness (QED) is 0.122. The lowest BCUT2D eigenvalue weighted by atomic mass is 10.1. The van der Waals surface area contributed by atoms with Gasteiger partial charge in [-0.25, -0.2) is 19.4 Å². The Morgan fingerprint density at radius 1 is 1.04 bits per heavy atom. The molecule has 19 heteroatoms. The molecule has 258 valence electrons. The molecule has 47 heavy (non-hydrogen) atoms. The van der Waals surface area contributed by atoms with E-state index in [4.69, 9.17) is 20.0 Å². The lowest BCUT2D eigenvalue weighted by molar-refractivity contribution is -0.179. The largest absolute Gasteiger partial charge is 0.479 e. The molecule has 0 spiro atoms. The molecular formula is C28H39N7O10S2. The molecule has 0 unspecified atom stereocenters. The van der Waals surface area contributed by atoms with Crippen LogP contribution in [0.15, 0.2) is 10.5 Å². The van der Waals surface area contributed by atoms with Crippen LogP contribution in [0.4, 0.5) is 9.93 Å². The van der Waals surface area contributed by atoms with E-state index in [0.717, 1.165) is 28.0 Å². The first-order chi connectivity index (χ1) is 21.5. The maximum Gasteiger partial charge on any atom is 0.408 e. The number of rotatable bonds is 9. The number of esters is 1. The van der Waals surface area contributed by atoms with Gasteiger partial charge in [0.2, 0.25) is 22.3 Å². The van der Waals surface area contributed by atoms with Gasteiger partial charge in [-0.1, -0.05) is 16.9 Å². The topological polar surface area (TPSA) is 232 Å². The van der Waals surface area contributed by atoms with Crippen LogP contribution in [0.3, 0.4) is 0 Å². The van der Waals surface area contributed by atoms with Crippen molar-refractivity contribution in [3.05, 3.63) is 11.1 Å². The van der Waals surface area contributed by atoms with Crippen LogP contribution in [0.2, 0.25) is 0 Å². The maximum absolute atomic E-state index is 13.5. The van der Waals surface area contributed by atoms with Gasteiger partial charge in [-0.05, 0) is 61.8 Å². The van der Waals surface area contributed by atoms with Gasteiger partial charge in [0, 0.05) is 11.9 Å². The fraction of sp³-hybridized carbons (Fsp3) is 0.643. The second kappa shape index (κ2) is 12.5. The van der Waals surface area contributed by atoms with Crippen molar-refractivity contribution < 1.29 is 48.2 Å². The second-order valence-corrected chi connectivity index (χ2v) is 15.9. The summed E-state index contributed by atoms with van der Waals surface area (Å²) in [5, 5.41) is 20.0. The number of fused-ring (bicyclic) bond motifs is 1. The summed E-state index contributed by atoms with van der Waals surface area (Å²) in [6, 6.07) is -2.21. The van der Waals surface area contributed by atoms with E-state index < -0.39 is 74.9 Å². The van der Waals surface area contributed by atoms with Crippen LogP contribution in [-0.2, 0) is 38.3 Å². The fourth-order valence-corrected chi connectivity index (χ4v) is 7.03. The molecule has 3 saturated heterocycles. The van der Waals surface area contributed by atoms with Gasteiger partial charge >= 0.3 is 18.0 Å². The van der Waals surface area contributed by atoms with Crippen LogP contribution in [0, 0.1) is 0 Å². The molecule has 4 atom stereocenters. The highest BCUT2D eigenvalue weighted by Gasteiger charge is 2.66. The molecule has 4 rings (SSSR count). The molecule has 0 saturated carbocycles. The molecular weight excluding hydrogens is 658 g/mol. The van der Waals surface area contributed by atoms with E-state index in [2.05, 4.69) is 20.8 Å². The van der Waals surface area contributed by atoms with Crippen molar-refractivity contribution in [1.29, 1.82) is 0 Å². The van der Waals surface area contributed by atoms with E-state index in [0.29, 0.717) is 0 Å². The number of carboxylic acid groups (broad SMARTS) is 1. The number of hydrogen-bond donors (Lipinski definition) is 4. The number of aliphatic carboxylic acids is 1. The highest BCUT2D eigenvalue weighted by molar-refractivity contribution is 8.02. The number of likely N-dealkylation sites (tertiary alicyclic amines) is 1. The van der Waals surface area contributed by atoms with Crippen molar-refractivity contribution in [2.24, 2.45) is 5.16 Å². The Kier molecular flexibility index (Phi) is 9.48. The van der Waals surface area contributed by atoms with Crippen LogP contribution < -0.4 is 16.4 Å². The Labute approximate surface area is 278 Å². The standard InChI is InChI=1S/C28H39N7O10S2/c1-25(2,3)43-22(41)27(7,8)45-33-15(14-11-46-23(29)30-14)17(36)32-16-19(38)34-12-28(21(39)40,47-20(16)34)35-10-9-13(18(35)37)31-24(42)44-26(4,5)6/h11,13,16,20H,9-10,12H2,1-8H3,(H2,29,30)(H,31,42)(H,32,36)(H,39,40)/b33-15-/t13-,16+,20+,28+/m0/s1. The first kappa shape index (κ1) is 35.7. The monoisotopic (exact) mass is 697 g/mol. The summed E-state index contributed by atoms with van der Waals surface area (Å²) >= 11 is 1.84. The first-order valence-corrected chi connectivity index (χ1v) is 16.3. The van der Waals surface area contributed by atoms with E-state index in [9.17, 15) is 33.9 Å². The lowest BCUT2D eigenvalue weighted by Crippen LogP contribution is -2.68. The van der Waals surface area contributed by atoms with Gasteiger partial charge in [0.05, 0.1) is 6.54 Å². The number of hydrogen-bond acceptors (Lipinski definition) is 14. The lowest BCUT2D eigenvalue weighted by Gasteiger charge is -2.41. The minimum Gasteiger partial charge on any atom is -0.479 e. The van der Waals surface area contributed by atoms with E-state index in [-0.39, 0.29) is 36.0 Å². The number of carbonyl (C=O) groups is 6. The van der Waals surface area contributed by atoms with Crippen molar-refractivity contribution in [3.8, 4) is 0 Å². The minimum absolute atomic E-state index is 0.00278. The van der Waals surface area contributed by atoms with Crippen molar-refractivity contribution >= 4 is 69.7 Å². The highest BCUT2D eigenvalue weighted by Crippen LogP contribution is 2.50. The second-order valence-electron chi connectivity index (χ2n) is 13.6. The fourth-order valence-electron chi connectivity index (χ4n) is 4.84. The number of thiazole rings is 1. The molecule has 0 aromatic carbocycles. The molecule has 5 N–H and O–H groups in total. The number of nitrogen functional groups attached to an aromatic ring is 1. The Balaban J connectivity index is 1.50. The zero-order valence-electron chi connectivity index (χ0n) is 27.2. The Bertz CT molecular complexity index is 1510. The number of carbonyl (C=O) groups excluding carboxylic acids is 5. The molecule has 4 heterocycles. The summed E-state index contributed by atoms with van der Waals surface area (Å²) in [5.74, 6) is -4.23. The van der Waals surface area contributed by atoms with Crippen molar-refractivity contribution in [1.82, 2.24) is 25.4 Å². The van der Waals surface area contributed by atoms with Gasteiger partial charge in [0.15, 0.2) is 10.8 Å². The number of oxime groups is 1. The van der Waals surface area contributed by atoms with E-state index >= 15 is 0 Å². The third-order valence-electron chi connectivity index (χ3n) is 7.03. The number of alkyl carbamates (subject to hydrolysis) is 1. The number of thioether (sulfide) groups is 1. The molecule has 0 bridgehead atoms. The zero-order chi connectivity index (χ0) is 35.3. The summed E-state index contributed by atoms with van der Waals surface area (Å²) in [5.41, 5.74) is 2.14. The molecule has 4 amide bonds. The molecule has 3 aliphatic heterocycles. The Morgan fingerprint density at radius 2 is 1.68 bits per heavy atom. The van der Waals surface area contributed by atoms with Crippen LogP contribution in [-0.4, -0.2) is 114 Å². The maximum atomic E-state index is 13.5. The SMILES string of the molecule is CC(C)(C)OC(=O)N[C@H]1CCN([C@]2(C(=O)O)CN3C(=O)[C@@H](NC(=O)/C(=N\OC(C)(C)C(=O)OC(C)(C)C)c4csc(N)n4)[C@H]3S2)C1=O. The van der Waals surface area contributed by atoms with E-state index in [1.165, 1.54) is 24.1 Å². The average molecular weight is 698 g/mol. The minimum atomic E-state index is -1.87. The van der Waals surface area contributed by atoms with E-state index in [1.807, 2.05) is 0 Å². The zero-order valence-corrected chi connectivity index (χ0v) is 28.9. The van der Waals surface area contributed by atoms with Crippen molar-refractivity contribution in [3.63, 3.8) is 0 Å². The van der Waals surface area contributed by atoms with Gasteiger partial charge in [-0.3, -0.25) is 14.4 Å². The number of nitrogens with zero attached hydrogens (tertiary/aromatic N) is 4. The van der Waals surface area contributed by atoms with E-state index in [1.54, 1.807) is 41.5 Å². The molecule has 1 aromatic rings. The molecule has 0 radical (unpaired) electrons. The highest BCUT2D eigenvalue weighted by atomic mass is 32.2. The number of ether oxygens (including phenoxy) is 2. The molecule has 17 nitrogen and oxygen atoms in total. The number of β-lactam (4-membered cyclic amide) rings is 1. The number of nitrogens with two attached hydrogens (primary N) is 1. The van der Waals surface area contributed by atoms with Crippen molar-refractivity contribution in [2.75, 3.05) is 18.8 Å². The first-order valence-electron chi connectivity index (χ1n) is 14.6. The summed E-state index contributed by atoms with van der Waals surface area (Å²) in [7, 11) is 0. The number of carboxylic acids is 1. The molecule has 1 aromatic heterocycles. The van der Waals surface area contributed by atoms with Gasteiger partial charge < -0.3 is 45.6 Å². The molecule has 3 fully saturated rings. The number of anilines is 1. The molecule has 0 aliphatic carbocycles. The predicted molar refractivity (Wildman–Crippen MR) is 169 cm³/mol. The number of aromatic nitrogens is 1. The van der Waals surface area contributed by atoms with Gasteiger partial charge in [-0.2, -0.15) is 0 Å². The summed E-state index contributed by atoms with van der Waals surface area (Å²) in [4.78, 5) is 87.7. The summed E-state index contributed by atoms with van der Waals surface area (Å²) < 4.78 is 10.6. The third kappa shape index (κ3) is 7.55. The number of nitrogens with one attached hydrogen (secondary N) is 2. The van der Waals surface area contributed by atoms with Gasteiger partial charge in [0.25, 0.3) is 5.91 Å². The Hall–Kier alpha value is -4.13. The Morgan fingerprint density at radius 3 is 2.23 bits per heavy atom. The molecule has 3 aliphatic rings. The third-order valence-corrected chi connectivity index (χ3v) is 9.39. The average Bonchev–Trinajstić information content (AvgIpc) is 3.62. The predicted octanol–water partition coefficient (Wildman–Crippen LogP) is 0.873.